The van der Waals surface area contributed by atoms with Gasteiger partial charge in [0.15, 0.2) is 5.78 Å². The largest absolute Gasteiger partial charge is 0.363 e. The maximum Gasteiger partial charge on any atom is 0.185 e. The molecule has 1 aliphatic rings. The molecule has 0 bridgehead atoms. The van der Waals surface area contributed by atoms with Crippen molar-refractivity contribution >= 4 is 17.5 Å². The first-order valence-electron chi connectivity index (χ1n) is 8.59. The minimum absolute atomic E-state index is 0.133. The van der Waals surface area contributed by atoms with Crippen molar-refractivity contribution < 1.29 is 9.18 Å². The van der Waals surface area contributed by atoms with Crippen LogP contribution in [-0.4, -0.2) is 5.78 Å². The molecule has 26 heavy (non-hydrogen) atoms. The van der Waals surface area contributed by atoms with Gasteiger partial charge >= 0.3 is 0 Å². The van der Waals surface area contributed by atoms with Gasteiger partial charge in [-0.25, -0.2) is 4.39 Å². The quantitative estimate of drug-likeness (QED) is 0.477. The van der Waals surface area contributed by atoms with Crippen LogP contribution in [-0.2, 0) is 13.1 Å². The van der Waals surface area contributed by atoms with Gasteiger partial charge in [-0.05, 0) is 41.5 Å². The van der Waals surface area contributed by atoms with E-state index >= 15 is 0 Å². The van der Waals surface area contributed by atoms with Crippen molar-refractivity contribution in [2.24, 2.45) is 0 Å². The summed E-state index contributed by atoms with van der Waals surface area (Å²) in [4.78, 5) is 14.7. The average molecular weight is 343 g/mol. The zero-order chi connectivity index (χ0) is 17.9. The molecule has 0 aliphatic carbocycles. The molecule has 0 fully saturated rings. The minimum Gasteiger partial charge on any atom is -0.363 e. The van der Waals surface area contributed by atoms with Crippen molar-refractivity contribution in [1.82, 2.24) is 0 Å². The number of hydrogen-bond donors (Lipinski definition) is 0. The van der Waals surface area contributed by atoms with Crippen LogP contribution < -0.4 is 4.90 Å². The van der Waals surface area contributed by atoms with E-state index in [0.717, 1.165) is 18.8 Å². The Kier molecular flexibility index (Phi) is 4.36. The molecule has 0 unspecified atom stereocenters. The van der Waals surface area contributed by atoms with E-state index in [4.69, 9.17) is 0 Å². The normalized spacial score (nSPS) is 13.2. The number of ketones is 1. The molecule has 0 amide bonds. The third-order valence-corrected chi connectivity index (χ3v) is 4.66. The van der Waals surface area contributed by atoms with Gasteiger partial charge in [-0.3, -0.25) is 4.79 Å². The molecule has 1 aliphatic heterocycles. The van der Waals surface area contributed by atoms with Crippen LogP contribution in [0.5, 0.6) is 0 Å². The molecular weight excluding hydrogens is 325 g/mol. The van der Waals surface area contributed by atoms with E-state index in [1.165, 1.54) is 29.3 Å². The fourth-order valence-corrected chi connectivity index (χ4v) is 3.24. The van der Waals surface area contributed by atoms with Crippen molar-refractivity contribution in [1.29, 1.82) is 0 Å². The van der Waals surface area contributed by atoms with Crippen LogP contribution >= 0.6 is 0 Å². The number of carbonyl (C=O) groups is 1. The van der Waals surface area contributed by atoms with Gasteiger partial charge in [0.1, 0.15) is 5.82 Å². The summed E-state index contributed by atoms with van der Waals surface area (Å²) in [6.07, 6.45) is 2.95. The van der Waals surface area contributed by atoms with Crippen molar-refractivity contribution in [3.63, 3.8) is 0 Å². The molecule has 1 heterocycles. The third-order valence-electron chi connectivity index (χ3n) is 4.66. The first kappa shape index (κ1) is 16.3. The highest BCUT2D eigenvalue weighted by molar-refractivity contribution is 6.07. The van der Waals surface area contributed by atoms with Crippen LogP contribution in [0.1, 0.15) is 27.0 Å². The van der Waals surface area contributed by atoms with Gasteiger partial charge in [0, 0.05) is 29.9 Å². The Morgan fingerprint density at radius 2 is 1.58 bits per heavy atom. The molecule has 3 aromatic carbocycles. The summed E-state index contributed by atoms with van der Waals surface area (Å²) in [5, 5.41) is 0. The second kappa shape index (κ2) is 6.96. The maximum atomic E-state index is 13.7. The number of rotatable bonds is 4. The van der Waals surface area contributed by atoms with Crippen LogP contribution in [0.3, 0.4) is 0 Å². The van der Waals surface area contributed by atoms with E-state index in [9.17, 15) is 9.18 Å². The lowest BCUT2D eigenvalue weighted by Gasteiger charge is -2.18. The molecule has 0 aromatic heterocycles. The van der Waals surface area contributed by atoms with E-state index in [-0.39, 0.29) is 11.6 Å². The zero-order valence-electron chi connectivity index (χ0n) is 14.2. The topological polar surface area (TPSA) is 20.3 Å². The zero-order valence-corrected chi connectivity index (χ0v) is 14.2. The fraction of sp³-hybridized carbons (Fsp3) is 0.0870. The Labute approximate surface area is 152 Å². The number of allylic oxidation sites excluding steroid dienone is 1. The first-order chi connectivity index (χ1) is 12.7. The number of fused-ring (bicyclic) bond motifs is 1. The van der Waals surface area contributed by atoms with Gasteiger partial charge in [-0.1, -0.05) is 54.6 Å². The Morgan fingerprint density at radius 1 is 0.885 bits per heavy atom. The minimum atomic E-state index is -0.333. The van der Waals surface area contributed by atoms with Gasteiger partial charge < -0.3 is 4.90 Å². The Bertz CT molecular complexity index is 968. The molecule has 3 heteroatoms. The number of anilines is 1. The Balaban J connectivity index is 1.53. The molecule has 0 spiro atoms. The summed E-state index contributed by atoms with van der Waals surface area (Å²) in [6, 6.07) is 22.4. The number of benzene rings is 3. The molecule has 0 radical (unpaired) electrons. The smallest absolute Gasteiger partial charge is 0.185 e. The molecular formula is C23H18FNO. The predicted molar refractivity (Wildman–Crippen MR) is 103 cm³/mol. The van der Waals surface area contributed by atoms with Crippen molar-refractivity contribution in [2.75, 3.05) is 4.90 Å². The van der Waals surface area contributed by atoms with E-state index in [1.54, 1.807) is 24.3 Å². The van der Waals surface area contributed by atoms with Crippen LogP contribution in [0, 0.1) is 5.82 Å². The second-order valence-corrected chi connectivity index (χ2v) is 6.39. The Hall–Kier alpha value is -3.20. The summed E-state index contributed by atoms with van der Waals surface area (Å²) in [5.41, 5.74) is 4.68. The number of hydrogen-bond acceptors (Lipinski definition) is 2. The molecule has 0 N–H and O–H groups in total. The van der Waals surface area contributed by atoms with Crippen LogP contribution in [0.2, 0.25) is 0 Å². The molecule has 0 saturated carbocycles. The van der Waals surface area contributed by atoms with Gasteiger partial charge in [0.2, 0.25) is 0 Å². The second-order valence-electron chi connectivity index (χ2n) is 6.39. The van der Waals surface area contributed by atoms with Gasteiger partial charge in [-0.2, -0.15) is 0 Å². The van der Waals surface area contributed by atoms with Crippen LogP contribution in [0.15, 0.2) is 78.9 Å². The highest BCUT2D eigenvalue weighted by Crippen LogP contribution is 2.28. The van der Waals surface area contributed by atoms with Gasteiger partial charge in [0.25, 0.3) is 0 Å². The van der Waals surface area contributed by atoms with Crippen molar-refractivity contribution in [3.8, 4) is 0 Å². The molecule has 0 atom stereocenters. The van der Waals surface area contributed by atoms with Gasteiger partial charge in [-0.15, -0.1) is 0 Å². The predicted octanol–water partition coefficient (Wildman–Crippen LogP) is 5.24. The highest BCUT2D eigenvalue weighted by atomic mass is 19.1. The number of halogens is 1. The standard InChI is InChI=1S/C23H18FNO/c24-22-11-4-3-6-17(22)12-13-23(26)18-9-5-10-21(14-18)25-15-19-7-1-2-8-20(19)16-25/h1-14H,15-16H2/b13-12+. The van der Waals surface area contributed by atoms with Crippen molar-refractivity contribution in [3.05, 3.63) is 107 Å². The summed E-state index contributed by atoms with van der Waals surface area (Å²) in [5.74, 6) is -0.466. The molecule has 2 nitrogen and oxygen atoms in total. The lowest BCUT2D eigenvalue weighted by molar-refractivity contribution is 0.104. The molecule has 128 valence electrons. The highest BCUT2D eigenvalue weighted by Gasteiger charge is 2.19. The summed E-state index contributed by atoms with van der Waals surface area (Å²) >= 11 is 0. The maximum absolute atomic E-state index is 13.7. The number of carbonyl (C=O) groups excluding carboxylic acids is 1. The first-order valence-corrected chi connectivity index (χ1v) is 8.59. The number of nitrogens with zero attached hydrogens (tertiary/aromatic N) is 1. The van der Waals surface area contributed by atoms with E-state index in [1.807, 2.05) is 18.2 Å². The van der Waals surface area contributed by atoms with E-state index < -0.39 is 0 Å². The third kappa shape index (κ3) is 3.29. The van der Waals surface area contributed by atoms with Crippen LogP contribution in [0.25, 0.3) is 6.08 Å². The summed E-state index contributed by atoms with van der Waals surface area (Å²) in [6.45, 7) is 1.69. The monoisotopic (exact) mass is 343 g/mol. The SMILES string of the molecule is O=C(/C=C/c1ccccc1F)c1cccc(N2Cc3ccccc3C2)c1. The van der Waals surface area contributed by atoms with Crippen molar-refractivity contribution in [2.45, 2.75) is 13.1 Å². The van der Waals surface area contributed by atoms with E-state index in [2.05, 4.69) is 29.2 Å². The molecule has 3 aromatic rings. The lowest BCUT2D eigenvalue weighted by atomic mass is 10.1. The lowest BCUT2D eigenvalue weighted by Crippen LogP contribution is -2.14. The molecule has 0 saturated heterocycles. The Morgan fingerprint density at radius 3 is 2.31 bits per heavy atom. The summed E-state index contributed by atoms with van der Waals surface area (Å²) < 4.78 is 13.7. The van der Waals surface area contributed by atoms with Gasteiger partial charge in [0.05, 0.1) is 0 Å². The average Bonchev–Trinajstić information content (AvgIpc) is 3.11. The fourth-order valence-electron chi connectivity index (χ4n) is 3.24. The summed E-state index contributed by atoms with van der Waals surface area (Å²) in [7, 11) is 0. The molecule has 4 rings (SSSR count). The van der Waals surface area contributed by atoms with Crippen LogP contribution in [0.4, 0.5) is 10.1 Å². The van der Waals surface area contributed by atoms with E-state index in [0.29, 0.717) is 11.1 Å².